The van der Waals surface area contributed by atoms with Gasteiger partial charge in [-0.25, -0.2) is 0 Å². The lowest BCUT2D eigenvalue weighted by atomic mass is 10.3. The van der Waals surface area contributed by atoms with Gasteiger partial charge in [-0.1, -0.05) is 18.3 Å². The Morgan fingerprint density at radius 1 is 1.80 bits per heavy atom. The number of hydrogen-bond acceptors (Lipinski definition) is 3. The molecule has 0 aromatic rings. The minimum Gasteiger partial charge on any atom is -0.360 e. The molecule has 58 valence electrons. The van der Waals surface area contributed by atoms with E-state index in [-0.39, 0.29) is 5.78 Å². The van der Waals surface area contributed by atoms with Crippen LogP contribution in [0, 0.1) is 0 Å². The number of methoxy groups -OCH3 is 1. The summed E-state index contributed by atoms with van der Waals surface area (Å²) in [7, 11) is 1.51. The van der Waals surface area contributed by atoms with Crippen LogP contribution in [-0.4, -0.2) is 17.8 Å². The molecule has 10 heavy (non-hydrogen) atoms. The molecular formula is C7H12O2S. The third kappa shape index (κ3) is 2.15. The summed E-state index contributed by atoms with van der Waals surface area (Å²) in [5.74, 6) is -0.0000926. The Morgan fingerprint density at radius 3 is 2.40 bits per heavy atom. The van der Waals surface area contributed by atoms with E-state index < -0.39 is 4.93 Å². The highest BCUT2D eigenvalue weighted by atomic mass is 32.2. The minimum absolute atomic E-state index is 0.0000926. The summed E-state index contributed by atoms with van der Waals surface area (Å²) >= 11 is 1.28. The topological polar surface area (TPSA) is 26.3 Å². The summed E-state index contributed by atoms with van der Waals surface area (Å²) in [6.45, 7) is 6.73. The fraction of sp³-hybridized carbons (Fsp3) is 0.571. The van der Waals surface area contributed by atoms with Crippen molar-refractivity contribution in [3.8, 4) is 0 Å². The van der Waals surface area contributed by atoms with Crippen molar-refractivity contribution in [3.05, 3.63) is 12.0 Å². The number of Topliss-reactive ketones (excluding diaryl/α,β-unsaturated/α-hetero) is 1. The van der Waals surface area contributed by atoms with Gasteiger partial charge < -0.3 is 4.74 Å². The lowest BCUT2D eigenvalue weighted by Crippen LogP contribution is -2.30. The van der Waals surface area contributed by atoms with Crippen molar-refractivity contribution in [2.24, 2.45) is 0 Å². The molecule has 1 atom stereocenters. The first-order chi connectivity index (χ1) is 4.56. The van der Waals surface area contributed by atoms with Crippen LogP contribution in [0.3, 0.4) is 0 Å². The summed E-state index contributed by atoms with van der Waals surface area (Å²) in [4.78, 5) is 10.1. The van der Waals surface area contributed by atoms with E-state index in [2.05, 4.69) is 6.58 Å². The van der Waals surface area contributed by atoms with Gasteiger partial charge in [0.1, 0.15) is 0 Å². The van der Waals surface area contributed by atoms with Crippen molar-refractivity contribution < 1.29 is 9.53 Å². The van der Waals surface area contributed by atoms with Crippen LogP contribution in [0.1, 0.15) is 13.8 Å². The van der Waals surface area contributed by atoms with Crippen LogP contribution in [0.4, 0.5) is 0 Å². The highest BCUT2D eigenvalue weighted by Gasteiger charge is 2.28. The van der Waals surface area contributed by atoms with Crippen molar-refractivity contribution in [1.82, 2.24) is 0 Å². The summed E-state index contributed by atoms with van der Waals surface area (Å²) in [5, 5.41) is 1.60. The second-order valence-corrected chi connectivity index (χ2v) is 3.34. The number of rotatable bonds is 4. The lowest BCUT2D eigenvalue weighted by Gasteiger charge is -2.21. The molecule has 0 amide bonds. The maximum Gasteiger partial charge on any atom is 0.172 e. The molecule has 1 unspecified atom stereocenters. The quantitative estimate of drug-likeness (QED) is 0.587. The zero-order valence-electron chi connectivity index (χ0n) is 6.51. The highest BCUT2D eigenvalue weighted by molar-refractivity contribution is 8.03. The first kappa shape index (κ1) is 9.72. The van der Waals surface area contributed by atoms with E-state index in [1.54, 1.807) is 12.3 Å². The van der Waals surface area contributed by atoms with Crippen LogP contribution in [0.15, 0.2) is 12.0 Å². The Morgan fingerprint density at radius 2 is 2.30 bits per heavy atom. The highest BCUT2D eigenvalue weighted by Crippen LogP contribution is 2.26. The second kappa shape index (κ2) is 3.78. The number of ether oxygens (including phenoxy) is 1. The van der Waals surface area contributed by atoms with Gasteiger partial charge in [-0.2, -0.15) is 0 Å². The first-order valence-corrected chi connectivity index (χ1v) is 3.79. The Hall–Kier alpha value is -0.280. The molecule has 0 heterocycles. The van der Waals surface area contributed by atoms with Crippen molar-refractivity contribution >= 4 is 17.5 Å². The monoisotopic (exact) mass is 160 g/mol. The van der Waals surface area contributed by atoms with Crippen LogP contribution in [0.5, 0.6) is 0 Å². The maximum atomic E-state index is 10.9. The van der Waals surface area contributed by atoms with E-state index in [9.17, 15) is 4.79 Å². The van der Waals surface area contributed by atoms with E-state index in [4.69, 9.17) is 4.74 Å². The molecule has 0 fully saturated rings. The molecule has 0 aliphatic rings. The van der Waals surface area contributed by atoms with Gasteiger partial charge in [-0.05, 0) is 19.3 Å². The molecular weight excluding hydrogens is 148 g/mol. The van der Waals surface area contributed by atoms with Crippen LogP contribution in [-0.2, 0) is 9.53 Å². The minimum atomic E-state index is -0.748. The van der Waals surface area contributed by atoms with E-state index >= 15 is 0 Å². The number of thioether (sulfide) groups is 1. The largest absolute Gasteiger partial charge is 0.360 e. The number of ketones is 1. The van der Waals surface area contributed by atoms with Crippen LogP contribution in [0.25, 0.3) is 0 Å². The van der Waals surface area contributed by atoms with E-state index in [0.29, 0.717) is 0 Å². The van der Waals surface area contributed by atoms with Crippen molar-refractivity contribution in [2.75, 3.05) is 7.11 Å². The van der Waals surface area contributed by atoms with Crippen LogP contribution in [0.2, 0.25) is 0 Å². The molecule has 0 spiro atoms. The molecule has 0 saturated carbocycles. The molecule has 0 aromatic carbocycles. The van der Waals surface area contributed by atoms with Gasteiger partial charge in [-0.15, -0.1) is 0 Å². The van der Waals surface area contributed by atoms with E-state index in [1.165, 1.54) is 25.8 Å². The Bertz CT molecular complexity index is 145. The van der Waals surface area contributed by atoms with Crippen molar-refractivity contribution in [1.29, 1.82) is 0 Å². The zero-order valence-corrected chi connectivity index (χ0v) is 7.33. The van der Waals surface area contributed by atoms with Gasteiger partial charge in [0, 0.05) is 7.11 Å². The van der Waals surface area contributed by atoms with Crippen molar-refractivity contribution in [2.45, 2.75) is 18.8 Å². The van der Waals surface area contributed by atoms with Gasteiger partial charge in [0.2, 0.25) is 0 Å². The standard InChI is InChI=1S/C7H12O2S/c1-5-10-7(3,9-4)6(2)8/h5H,1H2,2-4H3. The second-order valence-electron chi connectivity index (χ2n) is 1.99. The molecule has 0 aliphatic carbocycles. The molecule has 2 nitrogen and oxygen atoms in total. The third-order valence-electron chi connectivity index (χ3n) is 1.34. The zero-order chi connectivity index (χ0) is 8.20. The fourth-order valence-electron chi connectivity index (χ4n) is 0.434. The molecule has 0 rings (SSSR count). The summed E-state index contributed by atoms with van der Waals surface area (Å²) in [6.07, 6.45) is 0. The Labute approximate surface area is 65.6 Å². The first-order valence-electron chi connectivity index (χ1n) is 2.91. The van der Waals surface area contributed by atoms with Crippen LogP contribution >= 0.6 is 11.8 Å². The summed E-state index contributed by atoms with van der Waals surface area (Å²) in [6, 6.07) is 0. The predicted molar refractivity (Wildman–Crippen MR) is 43.9 cm³/mol. The molecule has 0 saturated heterocycles. The van der Waals surface area contributed by atoms with E-state index in [1.807, 2.05) is 0 Å². The van der Waals surface area contributed by atoms with Gasteiger partial charge in [0.05, 0.1) is 0 Å². The SMILES string of the molecule is C=CSC(C)(OC)C(C)=O. The number of carbonyl (C=O) groups excluding carboxylic acids is 1. The molecule has 0 radical (unpaired) electrons. The van der Waals surface area contributed by atoms with Gasteiger partial charge in [0.15, 0.2) is 10.7 Å². The fourth-order valence-corrected chi connectivity index (χ4v) is 1.01. The number of hydrogen-bond donors (Lipinski definition) is 0. The molecule has 0 aromatic heterocycles. The van der Waals surface area contributed by atoms with Gasteiger partial charge in [0.25, 0.3) is 0 Å². The third-order valence-corrected chi connectivity index (χ3v) is 2.41. The predicted octanol–water partition coefficient (Wildman–Crippen LogP) is 1.81. The Kier molecular flexibility index (Phi) is 3.68. The number of carbonyl (C=O) groups is 1. The Balaban J connectivity index is 4.21. The normalized spacial score (nSPS) is 15.9. The summed E-state index contributed by atoms with van der Waals surface area (Å²) < 4.78 is 4.98. The molecule has 0 bridgehead atoms. The van der Waals surface area contributed by atoms with E-state index in [0.717, 1.165) is 0 Å². The molecule has 0 N–H and O–H groups in total. The maximum absolute atomic E-state index is 10.9. The average Bonchev–Trinajstić information content (AvgIpc) is 1.88. The van der Waals surface area contributed by atoms with Crippen molar-refractivity contribution in [3.63, 3.8) is 0 Å². The van der Waals surface area contributed by atoms with Gasteiger partial charge >= 0.3 is 0 Å². The molecule has 0 aliphatic heterocycles. The average molecular weight is 160 g/mol. The molecule has 3 heteroatoms. The smallest absolute Gasteiger partial charge is 0.172 e. The van der Waals surface area contributed by atoms with Gasteiger partial charge in [-0.3, -0.25) is 4.79 Å². The van der Waals surface area contributed by atoms with Crippen LogP contribution < -0.4 is 0 Å². The lowest BCUT2D eigenvalue weighted by molar-refractivity contribution is -0.128. The summed E-state index contributed by atoms with van der Waals surface area (Å²) in [5.41, 5.74) is 0.